The number of rotatable bonds is 10. The number of nitrogens with two attached hydrogens (primary N) is 1. The van der Waals surface area contributed by atoms with Gasteiger partial charge in [0, 0.05) is 23.0 Å². The van der Waals surface area contributed by atoms with E-state index in [0.717, 1.165) is 38.4 Å². The fourth-order valence-electron chi connectivity index (χ4n) is 3.94. The number of aromatic hydroxyl groups is 1. The number of hydrogen-bond acceptors (Lipinski definition) is 16. The molecule has 2 aliphatic heterocycles. The smallest absolute Gasteiger partial charge is 0.352 e. The Morgan fingerprint density at radius 3 is 2.81 bits per heavy atom. The van der Waals surface area contributed by atoms with Gasteiger partial charge in [0.05, 0.1) is 11.9 Å². The minimum absolute atomic E-state index is 0.0419. The van der Waals surface area contributed by atoms with Crippen molar-refractivity contribution in [3.8, 4) is 5.75 Å². The molecule has 220 valence electrons. The van der Waals surface area contributed by atoms with E-state index >= 15 is 0 Å². The predicted octanol–water partition coefficient (Wildman–Crippen LogP) is 0.442. The van der Waals surface area contributed by atoms with Crippen LogP contribution in [0.4, 0.5) is 5.13 Å². The Balaban J connectivity index is 1.31. The van der Waals surface area contributed by atoms with Gasteiger partial charge >= 0.3 is 5.97 Å². The Bertz CT molecular complexity index is 1700. The molecule has 2 aliphatic rings. The van der Waals surface area contributed by atoms with Crippen LogP contribution in [0.3, 0.4) is 0 Å². The van der Waals surface area contributed by atoms with Gasteiger partial charge in [-0.2, -0.15) is 4.73 Å². The van der Waals surface area contributed by atoms with Gasteiger partial charge in [-0.05, 0) is 24.0 Å². The molecule has 3 aromatic rings. The van der Waals surface area contributed by atoms with Gasteiger partial charge in [0.25, 0.3) is 11.8 Å². The van der Waals surface area contributed by atoms with Gasteiger partial charge in [0.15, 0.2) is 23.2 Å². The van der Waals surface area contributed by atoms with Crippen LogP contribution in [-0.2, 0) is 25.8 Å². The predicted molar refractivity (Wildman–Crippen MR) is 152 cm³/mol. The molecule has 16 nitrogen and oxygen atoms in total. The zero-order valence-electron chi connectivity index (χ0n) is 21.3. The first-order chi connectivity index (χ1) is 20.0. The summed E-state index contributed by atoms with van der Waals surface area (Å²) in [6.45, 7) is 1.33. The largest absolute Gasteiger partial charge is 0.503 e. The van der Waals surface area contributed by atoms with E-state index in [-0.39, 0.29) is 27.9 Å². The number of carboxylic acid groups (broad SMARTS) is 1. The van der Waals surface area contributed by atoms with Crippen LogP contribution in [0.25, 0.3) is 0 Å². The number of amides is 2. The molecule has 42 heavy (non-hydrogen) atoms. The highest BCUT2D eigenvalue weighted by atomic mass is 32.2. The average molecular weight is 653 g/mol. The van der Waals surface area contributed by atoms with Crippen LogP contribution in [0, 0.1) is 6.92 Å². The number of thioether (sulfide) groups is 2. The molecule has 6 N–H and O–H groups in total. The second-order valence-electron chi connectivity index (χ2n) is 8.70. The molecule has 0 bridgehead atoms. The van der Waals surface area contributed by atoms with E-state index in [9.17, 15) is 34.6 Å². The van der Waals surface area contributed by atoms with Crippen LogP contribution in [0.1, 0.15) is 17.1 Å². The van der Waals surface area contributed by atoms with E-state index in [1.54, 1.807) is 6.92 Å². The summed E-state index contributed by atoms with van der Waals surface area (Å²) in [7, 11) is 0. The molecule has 2 atom stereocenters. The Hall–Kier alpha value is -4.14. The van der Waals surface area contributed by atoms with Gasteiger partial charge < -0.3 is 31.3 Å². The summed E-state index contributed by atoms with van der Waals surface area (Å²) in [6, 6.07) is -0.136. The maximum Gasteiger partial charge on any atom is 0.352 e. The molecule has 3 aromatic heterocycles. The van der Waals surface area contributed by atoms with Gasteiger partial charge in [0.2, 0.25) is 5.43 Å². The average Bonchev–Trinajstić information content (AvgIpc) is 3.57. The second-order valence-corrected chi connectivity index (χ2v) is 12.7. The molecule has 20 heteroatoms. The molecule has 2 amide bonds. The number of anilines is 1. The summed E-state index contributed by atoms with van der Waals surface area (Å²) in [5.41, 5.74) is 5.74. The lowest BCUT2D eigenvalue weighted by molar-refractivity contribution is -0.150. The third kappa shape index (κ3) is 5.78. The number of oxime groups is 1. The first-order valence-electron chi connectivity index (χ1n) is 11.7. The summed E-state index contributed by atoms with van der Waals surface area (Å²) >= 11 is 4.94. The number of aryl methyl sites for hydroxylation is 1. The van der Waals surface area contributed by atoms with Crippen molar-refractivity contribution >= 4 is 75.0 Å². The molecule has 1 saturated heterocycles. The van der Waals surface area contributed by atoms with Crippen molar-refractivity contribution in [2.24, 2.45) is 5.16 Å². The SMILES string of the molecule is Cc1nnsc1SCC1=C(C(=O)O)N2C(=O)[C@@H](NC(=O)/C(=N/OCc3cc(=O)c(O)cn3O)c3csc(N)n3)[C@H]2SC1. The number of thiazole rings is 1. The molecular formula is C22H20N8O8S4. The number of aliphatic carboxylic acids is 1. The molecule has 0 spiro atoms. The van der Waals surface area contributed by atoms with Gasteiger partial charge in [-0.15, -0.1) is 40.0 Å². The number of hydrogen-bond donors (Lipinski definition) is 5. The van der Waals surface area contributed by atoms with Crippen molar-refractivity contribution in [3.05, 3.63) is 56.2 Å². The monoisotopic (exact) mass is 652 g/mol. The van der Waals surface area contributed by atoms with Crippen LogP contribution in [0.5, 0.6) is 5.75 Å². The van der Waals surface area contributed by atoms with Gasteiger partial charge in [-0.25, -0.2) is 9.78 Å². The van der Waals surface area contributed by atoms with E-state index in [1.807, 2.05) is 0 Å². The third-order valence-corrected chi connectivity index (χ3v) is 10.2. The van der Waals surface area contributed by atoms with Crippen molar-refractivity contribution in [3.63, 3.8) is 0 Å². The van der Waals surface area contributed by atoms with Crippen LogP contribution < -0.4 is 16.5 Å². The Morgan fingerprint density at radius 2 is 2.14 bits per heavy atom. The number of β-lactam (4-membered cyclic amide) rings is 1. The highest BCUT2D eigenvalue weighted by Crippen LogP contribution is 2.42. The minimum atomic E-state index is -1.25. The number of carbonyl (C=O) groups excluding carboxylic acids is 2. The van der Waals surface area contributed by atoms with E-state index in [0.29, 0.717) is 21.8 Å². The summed E-state index contributed by atoms with van der Waals surface area (Å²) in [4.78, 5) is 60.6. The van der Waals surface area contributed by atoms with Gasteiger partial charge in [-0.1, -0.05) is 9.64 Å². The molecule has 5 heterocycles. The zero-order chi connectivity index (χ0) is 30.1. The van der Waals surface area contributed by atoms with E-state index < -0.39 is 47.0 Å². The van der Waals surface area contributed by atoms with Crippen molar-refractivity contribution < 1.29 is 34.6 Å². The number of pyridine rings is 1. The third-order valence-electron chi connectivity index (χ3n) is 5.96. The molecule has 0 unspecified atom stereocenters. The number of aromatic nitrogens is 4. The molecule has 1 fully saturated rings. The molecule has 0 aliphatic carbocycles. The fourth-order valence-corrected chi connectivity index (χ4v) is 7.65. The van der Waals surface area contributed by atoms with Crippen LogP contribution in [0.15, 0.2) is 43.1 Å². The maximum atomic E-state index is 13.3. The zero-order valence-corrected chi connectivity index (χ0v) is 24.6. The van der Waals surface area contributed by atoms with E-state index in [4.69, 9.17) is 10.6 Å². The number of nitrogens with zero attached hydrogens (tertiary/aromatic N) is 6. The molecular weight excluding hydrogens is 633 g/mol. The number of nitrogens with one attached hydrogen (secondary N) is 1. The summed E-state index contributed by atoms with van der Waals surface area (Å²) in [6.07, 6.45) is 0.775. The standard InChI is InChI=1S/C22H20N8O8S4/c1-8-21(42-28-26-8)40-6-9-5-39-19-15(18(34)30(19)16(9)20(35)36)25-17(33)14(11-7-41-22(23)24-11)27-38-4-10-2-12(31)13(32)3-29(10)37/h2-3,7,15,19,32,37H,4-6H2,1H3,(H2,23,24)(H,25,33)(H,35,36)/b27-14+/t15-,19-/m1/s1. The first kappa shape index (κ1) is 29.4. The molecule has 0 radical (unpaired) electrons. The first-order valence-corrected chi connectivity index (χ1v) is 15.4. The lowest BCUT2D eigenvalue weighted by Gasteiger charge is -2.49. The lowest BCUT2D eigenvalue weighted by atomic mass is 10.0. The van der Waals surface area contributed by atoms with Gasteiger partial charge in [-0.3, -0.25) is 19.3 Å². The maximum absolute atomic E-state index is 13.3. The topological polar surface area (TPSA) is 235 Å². The van der Waals surface area contributed by atoms with Crippen molar-refractivity contribution in [1.29, 1.82) is 0 Å². The fraction of sp³-hybridized carbons (Fsp3) is 0.273. The number of nitrogen functional groups attached to an aromatic ring is 1. The van der Waals surface area contributed by atoms with E-state index in [1.165, 1.54) is 40.4 Å². The number of fused-ring (bicyclic) bond motifs is 1. The Labute approximate surface area is 252 Å². The minimum Gasteiger partial charge on any atom is -0.503 e. The van der Waals surface area contributed by atoms with Crippen molar-refractivity contribution in [1.82, 2.24) is 29.5 Å². The highest BCUT2D eigenvalue weighted by molar-refractivity contribution is 8.02. The summed E-state index contributed by atoms with van der Waals surface area (Å²) in [5, 5.41) is 40.4. The number of carbonyl (C=O) groups is 3. The normalized spacial score (nSPS) is 18.5. The quantitative estimate of drug-likeness (QED) is 0.0657. The van der Waals surface area contributed by atoms with Gasteiger partial charge in [0.1, 0.15) is 32.7 Å². The lowest BCUT2D eigenvalue weighted by Crippen LogP contribution is -2.71. The van der Waals surface area contributed by atoms with Crippen molar-refractivity contribution in [2.75, 3.05) is 17.2 Å². The molecule has 0 aromatic carbocycles. The highest BCUT2D eigenvalue weighted by Gasteiger charge is 2.54. The molecule has 0 saturated carbocycles. The Kier molecular flexibility index (Phi) is 8.38. The number of carboxylic acids is 1. The van der Waals surface area contributed by atoms with Crippen molar-refractivity contribution in [2.45, 2.75) is 29.2 Å². The summed E-state index contributed by atoms with van der Waals surface area (Å²) in [5.74, 6) is -2.73. The van der Waals surface area contributed by atoms with Crippen LogP contribution >= 0.6 is 46.4 Å². The van der Waals surface area contributed by atoms with Crippen LogP contribution in [-0.4, -0.2) is 86.0 Å². The Morgan fingerprint density at radius 1 is 1.36 bits per heavy atom. The van der Waals surface area contributed by atoms with E-state index in [2.05, 4.69) is 25.0 Å². The van der Waals surface area contributed by atoms with Crippen LogP contribution in [0.2, 0.25) is 0 Å². The summed E-state index contributed by atoms with van der Waals surface area (Å²) < 4.78 is 5.19. The second kappa shape index (κ2) is 12.0. The molecule has 5 rings (SSSR count).